The number of rotatable bonds is 7. The smallest absolute Gasteiger partial charge is 0.493 e. The highest BCUT2D eigenvalue weighted by Gasteiger charge is 2.50. The molecular weight excluding hydrogens is 548 g/mol. The number of hydrogen-bond donors (Lipinski definition) is 2. The van der Waals surface area contributed by atoms with E-state index in [1.807, 2.05) is 24.3 Å². The molecule has 0 radical (unpaired) electrons. The summed E-state index contributed by atoms with van der Waals surface area (Å²) in [5, 5.41) is 6.35. The van der Waals surface area contributed by atoms with Crippen LogP contribution in [0.3, 0.4) is 0 Å². The molecule has 0 amide bonds. The molecule has 2 fully saturated rings. The molecule has 2 N–H and O–H groups in total. The summed E-state index contributed by atoms with van der Waals surface area (Å²) in [5.74, 6) is 1.97. The number of ether oxygens (including phenoxy) is 1. The topological polar surface area (TPSA) is 83.0 Å². The van der Waals surface area contributed by atoms with Crippen LogP contribution in [0.25, 0.3) is 0 Å². The first kappa shape index (κ1) is 26.0. The van der Waals surface area contributed by atoms with Crippen molar-refractivity contribution in [3.05, 3.63) is 29.8 Å². The fraction of sp³-hybridized carbons (Fsp3) is 0.632. The summed E-state index contributed by atoms with van der Waals surface area (Å²) in [6.45, 7) is 0.813. The summed E-state index contributed by atoms with van der Waals surface area (Å²) in [5.41, 5.74) is -4.29. The van der Waals surface area contributed by atoms with Crippen LogP contribution in [-0.2, 0) is 16.6 Å². The molecule has 1 saturated carbocycles. The maximum absolute atomic E-state index is 12.7. The molecule has 1 saturated heterocycles. The molecule has 1 aliphatic carbocycles. The second-order valence-electron chi connectivity index (χ2n) is 7.56. The van der Waals surface area contributed by atoms with Crippen molar-refractivity contribution in [2.24, 2.45) is 10.9 Å². The van der Waals surface area contributed by atoms with Gasteiger partial charge in [-0.15, -0.1) is 24.0 Å². The highest BCUT2D eigenvalue weighted by molar-refractivity contribution is 14.0. The third kappa shape index (κ3) is 7.11. The molecule has 3 rings (SSSR count). The number of sulfonamides is 1. The minimum Gasteiger partial charge on any atom is -0.493 e. The second-order valence-corrected chi connectivity index (χ2v) is 9.49. The Hall–Kier alpha value is -1.28. The summed E-state index contributed by atoms with van der Waals surface area (Å²) in [7, 11) is -3.66. The van der Waals surface area contributed by atoms with E-state index in [9.17, 15) is 21.6 Å². The summed E-state index contributed by atoms with van der Waals surface area (Å²) in [6, 6.07) is 7.56. The zero-order valence-corrected chi connectivity index (χ0v) is 20.3. The van der Waals surface area contributed by atoms with E-state index in [1.54, 1.807) is 7.05 Å². The van der Waals surface area contributed by atoms with Crippen molar-refractivity contribution in [3.8, 4) is 5.75 Å². The molecule has 1 aliphatic heterocycles. The maximum Gasteiger partial charge on any atom is 0.511 e. The number of hydrogen-bond acceptors (Lipinski definition) is 4. The van der Waals surface area contributed by atoms with E-state index in [0.717, 1.165) is 11.3 Å². The van der Waals surface area contributed by atoms with Crippen LogP contribution in [0.1, 0.15) is 31.2 Å². The molecule has 31 heavy (non-hydrogen) atoms. The van der Waals surface area contributed by atoms with Gasteiger partial charge in [0.1, 0.15) is 5.75 Å². The third-order valence-corrected chi connectivity index (χ3v) is 6.87. The lowest BCUT2D eigenvalue weighted by Gasteiger charge is -2.32. The molecule has 0 spiro atoms. The molecule has 1 heterocycles. The largest absolute Gasteiger partial charge is 0.511 e. The Labute approximate surface area is 197 Å². The summed E-state index contributed by atoms with van der Waals surface area (Å²) < 4.78 is 67.5. The van der Waals surface area contributed by atoms with E-state index in [-0.39, 0.29) is 55.9 Å². The Balaban J connectivity index is 0.00000341. The van der Waals surface area contributed by atoms with Crippen LogP contribution in [0.5, 0.6) is 5.75 Å². The summed E-state index contributed by atoms with van der Waals surface area (Å²) >= 11 is 0. The first-order valence-corrected chi connectivity index (χ1v) is 11.4. The van der Waals surface area contributed by atoms with E-state index in [2.05, 4.69) is 15.6 Å². The number of nitrogens with one attached hydrogen (secondary N) is 2. The van der Waals surface area contributed by atoms with Crippen LogP contribution >= 0.6 is 24.0 Å². The van der Waals surface area contributed by atoms with E-state index in [1.165, 1.54) is 12.8 Å². The van der Waals surface area contributed by atoms with Crippen LogP contribution in [0.15, 0.2) is 29.3 Å². The normalized spacial score (nSPS) is 18.9. The summed E-state index contributed by atoms with van der Waals surface area (Å²) in [4.78, 5) is 4.16. The zero-order chi connectivity index (χ0) is 21.8. The Morgan fingerprint density at radius 3 is 2.42 bits per heavy atom. The highest BCUT2D eigenvalue weighted by atomic mass is 127. The molecule has 0 atom stereocenters. The molecule has 7 nitrogen and oxygen atoms in total. The lowest BCUT2D eigenvalue weighted by atomic mass is 10.1. The molecule has 12 heteroatoms. The highest BCUT2D eigenvalue weighted by Crippen LogP contribution is 2.30. The Morgan fingerprint density at radius 1 is 1.19 bits per heavy atom. The molecule has 0 unspecified atom stereocenters. The van der Waals surface area contributed by atoms with Gasteiger partial charge in [0.25, 0.3) is 0 Å². The van der Waals surface area contributed by atoms with Crippen molar-refractivity contribution in [3.63, 3.8) is 0 Å². The van der Waals surface area contributed by atoms with Crippen LogP contribution < -0.4 is 15.4 Å². The van der Waals surface area contributed by atoms with Crippen LogP contribution in [0, 0.1) is 5.92 Å². The molecule has 2 aliphatic rings. The van der Waals surface area contributed by atoms with Gasteiger partial charge in [0.05, 0.1) is 6.61 Å². The Kier molecular flexibility index (Phi) is 9.25. The Morgan fingerprint density at radius 2 is 1.84 bits per heavy atom. The van der Waals surface area contributed by atoms with Gasteiger partial charge in [-0.2, -0.15) is 17.5 Å². The van der Waals surface area contributed by atoms with Gasteiger partial charge in [-0.25, -0.2) is 8.42 Å². The van der Waals surface area contributed by atoms with Crippen molar-refractivity contribution in [1.82, 2.24) is 14.9 Å². The molecule has 1 aromatic carbocycles. The first-order chi connectivity index (χ1) is 14.2. The Bertz CT molecular complexity index is 855. The van der Waals surface area contributed by atoms with Crippen molar-refractivity contribution in [2.75, 3.05) is 26.7 Å². The maximum atomic E-state index is 12.7. The predicted octanol–water partition coefficient (Wildman–Crippen LogP) is 3.07. The SMILES string of the molecule is CN=C(NCc1ccccc1OCC1CC1)NC1CCN(S(=O)(=O)C(F)(F)F)CC1.I. The fourth-order valence-corrected chi connectivity index (χ4v) is 4.22. The van der Waals surface area contributed by atoms with Crippen LogP contribution in [0.2, 0.25) is 0 Å². The van der Waals surface area contributed by atoms with Gasteiger partial charge in [-0.05, 0) is 37.7 Å². The number of alkyl halides is 3. The van der Waals surface area contributed by atoms with E-state index in [0.29, 0.717) is 29.3 Å². The van der Waals surface area contributed by atoms with Gasteiger partial charge in [0.15, 0.2) is 5.96 Å². The number of benzene rings is 1. The molecule has 1 aromatic rings. The van der Waals surface area contributed by atoms with Gasteiger partial charge >= 0.3 is 15.5 Å². The first-order valence-electron chi connectivity index (χ1n) is 9.95. The number of piperidine rings is 1. The lowest BCUT2D eigenvalue weighted by molar-refractivity contribution is -0.0494. The molecule has 176 valence electrons. The average molecular weight is 576 g/mol. The summed E-state index contributed by atoms with van der Waals surface area (Å²) in [6.07, 6.45) is 2.94. The number of guanidine groups is 1. The quantitative estimate of drug-likeness (QED) is 0.297. The van der Waals surface area contributed by atoms with Gasteiger partial charge in [0, 0.05) is 38.3 Å². The van der Waals surface area contributed by atoms with Crippen molar-refractivity contribution in [1.29, 1.82) is 0 Å². The van der Waals surface area contributed by atoms with E-state index < -0.39 is 15.5 Å². The van der Waals surface area contributed by atoms with Crippen LogP contribution in [0.4, 0.5) is 13.2 Å². The van der Waals surface area contributed by atoms with Gasteiger partial charge in [-0.1, -0.05) is 18.2 Å². The van der Waals surface area contributed by atoms with Crippen molar-refractivity contribution < 1.29 is 26.3 Å². The standard InChI is InChI=1S/C19H27F3N4O3S.HI/c1-23-18(24-12-15-4-2-3-5-17(15)29-13-14-6-7-14)25-16-8-10-26(11-9-16)30(27,28)19(20,21)22;/h2-5,14,16H,6-13H2,1H3,(H2,23,24,25);1H. The van der Waals surface area contributed by atoms with E-state index >= 15 is 0 Å². The van der Waals surface area contributed by atoms with Gasteiger partial charge < -0.3 is 15.4 Å². The number of halogens is 4. The number of aliphatic imine (C=N–C) groups is 1. The molecule has 0 bridgehead atoms. The minimum absolute atomic E-state index is 0. The van der Waals surface area contributed by atoms with Crippen molar-refractivity contribution in [2.45, 2.75) is 43.8 Å². The fourth-order valence-electron chi connectivity index (χ4n) is 3.24. The number of para-hydroxylation sites is 1. The minimum atomic E-state index is -5.27. The van der Waals surface area contributed by atoms with Crippen molar-refractivity contribution >= 4 is 40.0 Å². The average Bonchev–Trinajstić information content (AvgIpc) is 3.54. The van der Waals surface area contributed by atoms with E-state index in [4.69, 9.17) is 4.74 Å². The van der Waals surface area contributed by atoms with Gasteiger partial charge in [0.2, 0.25) is 0 Å². The predicted molar refractivity (Wildman–Crippen MR) is 123 cm³/mol. The van der Waals surface area contributed by atoms with Crippen LogP contribution in [-0.4, -0.2) is 57.0 Å². The second kappa shape index (κ2) is 11.0. The third-order valence-electron chi connectivity index (χ3n) is 5.24. The lowest BCUT2D eigenvalue weighted by Crippen LogP contribution is -2.51. The number of nitrogens with zero attached hydrogens (tertiary/aromatic N) is 2. The van der Waals surface area contributed by atoms with Gasteiger partial charge in [-0.3, -0.25) is 4.99 Å². The monoisotopic (exact) mass is 576 g/mol. The molecular formula is C19H28F3IN4O3S. The molecule has 0 aromatic heterocycles. The zero-order valence-electron chi connectivity index (χ0n) is 17.2.